The number of hydrogen-bond donors (Lipinski definition) is 2. The van der Waals surface area contributed by atoms with Gasteiger partial charge in [0.1, 0.15) is 12.1 Å². The van der Waals surface area contributed by atoms with Crippen LogP contribution in [0.25, 0.3) is 11.4 Å². The number of nitrogens with two attached hydrogens (primary N) is 2. The number of carbonyl (C=O) groups excluding carboxylic acids is 4. The second kappa shape index (κ2) is 8.64. The summed E-state index contributed by atoms with van der Waals surface area (Å²) in [5.41, 5.74) is 11.8. The van der Waals surface area contributed by atoms with Gasteiger partial charge in [-0.15, -0.1) is 8.57 Å². The van der Waals surface area contributed by atoms with Gasteiger partial charge in [-0.2, -0.15) is 28.7 Å². The molecule has 2 atom stereocenters. The summed E-state index contributed by atoms with van der Waals surface area (Å²) in [7, 11) is -4.94. The maximum absolute atomic E-state index is 12.8. The fourth-order valence-corrected chi connectivity index (χ4v) is 5.43. The minimum absolute atomic E-state index is 0.0656. The van der Waals surface area contributed by atoms with Gasteiger partial charge in [0.2, 0.25) is 0 Å². The Balaban J connectivity index is 1.18. The van der Waals surface area contributed by atoms with E-state index >= 15 is 0 Å². The molecule has 0 aromatic carbocycles. The van der Waals surface area contributed by atoms with Crippen molar-refractivity contribution in [2.45, 2.75) is 12.1 Å². The van der Waals surface area contributed by atoms with Gasteiger partial charge in [0, 0.05) is 25.5 Å². The summed E-state index contributed by atoms with van der Waals surface area (Å²) < 4.78 is 38.3. The molecular formula is C20H20N10O8S. The van der Waals surface area contributed by atoms with Crippen LogP contribution in [0.4, 0.5) is 9.59 Å². The van der Waals surface area contributed by atoms with Crippen molar-refractivity contribution in [3.63, 3.8) is 0 Å². The third-order valence-electron chi connectivity index (χ3n) is 6.48. The highest BCUT2D eigenvalue weighted by molar-refractivity contribution is 7.81. The van der Waals surface area contributed by atoms with Crippen molar-refractivity contribution in [1.29, 1.82) is 0 Å². The van der Waals surface area contributed by atoms with Gasteiger partial charge in [0.15, 0.2) is 0 Å². The number of rotatable bonds is 8. The van der Waals surface area contributed by atoms with Crippen molar-refractivity contribution in [3.8, 4) is 0 Å². The molecule has 4 N–H and O–H groups in total. The summed E-state index contributed by atoms with van der Waals surface area (Å²) in [5.74, 6) is -1.35. The van der Waals surface area contributed by atoms with Crippen LogP contribution in [0.15, 0.2) is 36.9 Å². The first-order valence-electron chi connectivity index (χ1n) is 11.4. The molecule has 0 saturated carbocycles. The molecule has 39 heavy (non-hydrogen) atoms. The number of hydroxylamine groups is 4. The molecule has 2 aromatic rings. The number of aromatic nitrogens is 4. The third kappa shape index (κ3) is 4.27. The van der Waals surface area contributed by atoms with E-state index in [0.29, 0.717) is 21.5 Å². The van der Waals surface area contributed by atoms with Gasteiger partial charge in [-0.05, 0) is 12.2 Å². The molecule has 2 fully saturated rings. The van der Waals surface area contributed by atoms with Crippen molar-refractivity contribution in [2.24, 2.45) is 11.5 Å². The van der Waals surface area contributed by atoms with Crippen molar-refractivity contribution in [1.82, 2.24) is 39.5 Å². The molecule has 2 saturated heterocycles. The predicted molar refractivity (Wildman–Crippen MR) is 126 cm³/mol. The molecule has 4 aliphatic rings. The summed E-state index contributed by atoms with van der Waals surface area (Å²) in [6.45, 7) is 0.389. The van der Waals surface area contributed by atoms with E-state index in [9.17, 15) is 27.6 Å². The van der Waals surface area contributed by atoms with Crippen LogP contribution in [-0.4, -0.2) is 110 Å². The summed E-state index contributed by atoms with van der Waals surface area (Å²) in [5, 5.41) is 9.36. The van der Waals surface area contributed by atoms with Crippen LogP contribution in [0.3, 0.4) is 0 Å². The average molecular weight is 561 g/mol. The molecular weight excluding hydrogens is 540 g/mol. The Labute approximate surface area is 219 Å². The molecule has 4 aliphatic heterocycles. The smallest absolute Gasteiger partial charge is 0.366 e. The van der Waals surface area contributed by atoms with E-state index in [0.717, 1.165) is 0 Å². The monoisotopic (exact) mass is 560 g/mol. The van der Waals surface area contributed by atoms with Gasteiger partial charge in [0.25, 0.3) is 11.8 Å². The van der Waals surface area contributed by atoms with E-state index in [4.69, 9.17) is 20.0 Å². The Morgan fingerprint density at radius 2 is 1.21 bits per heavy atom. The normalized spacial score (nSPS) is 22.5. The van der Waals surface area contributed by atoms with Gasteiger partial charge >= 0.3 is 22.5 Å². The SMILES string of the molecule is NC(=O)c1cnn(C2=CC3CN(C2)C(=O)N3OS(=O)(=O)ON2C(=O)N3CC(n4cc(C(N)=O)cn4)=CC2C3)c1. The lowest BCUT2D eigenvalue weighted by Crippen LogP contribution is -2.40. The van der Waals surface area contributed by atoms with E-state index in [1.54, 1.807) is 12.2 Å². The fourth-order valence-electron chi connectivity index (χ4n) is 4.66. The largest absolute Gasteiger partial charge is 0.442 e. The van der Waals surface area contributed by atoms with Crippen LogP contribution in [0.1, 0.15) is 20.7 Å². The zero-order valence-electron chi connectivity index (χ0n) is 19.9. The fraction of sp³-hybridized carbons (Fsp3) is 0.300. The first-order chi connectivity index (χ1) is 18.5. The molecule has 0 radical (unpaired) electrons. The molecule has 204 valence electrons. The Kier molecular flexibility index (Phi) is 5.45. The first-order valence-corrected chi connectivity index (χ1v) is 12.7. The van der Waals surface area contributed by atoms with Crippen LogP contribution >= 0.6 is 0 Å². The summed E-state index contributed by atoms with van der Waals surface area (Å²) >= 11 is 0. The molecule has 6 rings (SSSR count). The molecule has 4 bridgehead atoms. The molecule has 0 aliphatic carbocycles. The first kappa shape index (κ1) is 24.6. The molecule has 18 nitrogen and oxygen atoms in total. The van der Waals surface area contributed by atoms with Crippen molar-refractivity contribution >= 4 is 45.7 Å². The van der Waals surface area contributed by atoms with E-state index in [1.807, 2.05) is 0 Å². The van der Waals surface area contributed by atoms with E-state index in [-0.39, 0.29) is 37.3 Å². The maximum atomic E-state index is 12.8. The number of carbonyl (C=O) groups is 4. The molecule has 6 heterocycles. The van der Waals surface area contributed by atoms with Gasteiger partial charge in [0.05, 0.1) is 48.0 Å². The van der Waals surface area contributed by atoms with Crippen LogP contribution in [0, 0.1) is 0 Å². The molecule has 19 heteroatoms. The Bertz CT molecular complexity index is 1480. The van der Waals surface area contributed by atoms with Crippen LogP contribution in [0.2, 0.25) is 0 Å². The summed E-state index contributed by atoms with van der Waals surface area (Å²) in [6, 6.07) is -3.16. The van der Waals surface area contributed by atoms with Crippen LogP contribution in [0.5, 0.6) is 0 Å². The highest BCUT2D eigenvalue weighted by atomic mass is 32.3. The Hall–Kier alpha value is -4.75. The Morgan fingerprint density at radius 3 is 1.56 bits per heavy atom. The van der Waals surface area contributed by atoms with Gasteiger partial charge in [-0.3, -0.25) is 9.59 Å². The van der Waals surface area contributed by atoms with E-state index in [2.05, 4.69) is 10.2 Å². The lowest BCUT2D eigenvalue weighted by molar-refractivity contribution is -0.0723. The second-order valence-corrected chi connectivity index (χ2v) is 10.2. The van der Waals surface area contributed by atoms with E-state index in [1.165, 1.54) is 44.0 Å². The maximum Gasteiger partial charge on any atom is 0.442 e. The number of urea groups is 2. The molecule has 2 aromatic heterocycles. The zero-order chi connectivity index (χ0) is 27.6. The van der Waals surface area contributed by atoms with Gasteiger partial charge in [-0.25, -0.2) is 19.0 Å². The standard InChI is InChI=1S/C20H20N10O8S/c21-17(31)11-3-23-27(5-11)13-1-15-9-25(7-13)19(33)29(15)37-39(35,36)38-30-16-2-14(8-26(10-16)20(30)34)28-6-12(4-24-28)18(22)32/h1-6,15-16H,7-10H2,(H2,21,31)(H2,22,32). The summed E-state index contributed by atoms with van der Waals surface area (Å²) in [4.78, 5) is 51.0. The van der Waals surface area contributed by atoms with Crippen LogP contribution < -0.4 is 11.5 Å². The summed E-state index contributed by atoms with van der Waals surface area (Å²) in [6.07, 6.45) is 8.45. The molecule has 0 spiro atoms. The predicted octanol–water partition coefficient (Wildman–Crippen LogP) is -1.99. The minimum Gasteiger partial charge on any atom is -0.366 e. The Morgan fingerprint density at radius 1 is 0.795 bits per heavy atom. The highest BCUT2D eigenvalue weighted by Crippen LogP contribution is 2.30. The van der Waals surface area contributed by atoms with Crippen molar-refractivity contribution in [3.05, 3.63) is 48.1 Å². The third-order valence-corrected chi connectivity index (χ3v) is 7.16. The molecule has 2 unspecified atom stereocenters. The van der Waals surface area contributed by atoms with Crippen LogP contribution in [-0.2, 0) is 19.0 Å². The van der Waals surface area contributed by atoms with Gasteiger partial charge in [-0.1, -0.05) is 0 Å². The average Bonchev–Trinajstić information content (AvgIpc) is 3.66. The number of amides is 6. The number of hydrogen-bond acceptors (Lipinski definition) is 10. The minimum atomic E-state index is -4.94. The topological polar surface area (TPSA) is 222 Å². The number of fused-ring (bicyclic) bond motifs is 4. The number of nitrogens with zero attached hydrogens (tertiary/aromatic N) is 8. The van der Waals surface area contributed by atoms with E-state index < -0.39 is 46.4 Å². The lowest BCUT2D eigenvalue weighted by atomic mass is 10.2. The van der Waals surface area contributed by atoms with Gasteiger partial charge < -0.3 is 21.3 Å². The van der Waals surface area contributed by atoms with Crippen molar-refractivity contribution < 1.29 is 36.2 Å². The van der Waals surface area contributed by atoms with Crippen molar-refractivity contribution in [2.75, 3.05) is 26.2 Å². The number of primary amides is 2. The zero-order valence-corrected chi connectivity index (χ0v) is 20.7. The quantitative estimate of drug-likeness (QED) is 0.361. The lowest BCUT2D eigenvalue weighted by Gasteiger charge is -2.22. The second-order valence-electron chi connectivity index (χ2n) is 9.06. The molecule has 6 amide bonds. The highest BCUT2D eigenvalue weighted by Gasteiger charge is 2.47.